The molecule has 0 radical (unpaired) electrons. The zero-order valence-corrected chi connectivity index (χ0v) is 8.25. The molecule has 1 aromatic carbocycles. The molecular formula is C11H16N2. The van der Waals surface area contributed by atoms with Crippen molar-refractivity contribution in [3.05, 3.63) is 29.3 Å². The van der Waals surface area contributed by atoms with Crippen molar-refractivity contribution in [3.63, 3.8) is 0 Å². The summed E-state index contributed by atoms with van der Waals surface area (Å²) in [7, 11) is 2.13. The first-order valence-corrected chi connectivity index (χ1v) is 4.74. The summed E-state index contributed by atoms with van der Waals surface area (Å²) in [5, 5.41) is 0. The van der Waals surface area contributed by atoms with Crippen LogP contribution in [-0.2, 0) is 0 Å². The van der Waals surface area contributed by atoms with Crippen LogP contribution in [0.25, 0.3) is 0 Å². The summed E-state index contributed by atoms with van der Waals surface area (Å²) in [4.78, 5) is 2.29. The Balaban J connectivity index is 2.46. The minimum atomic E-state index is 0.528. The Kier molecular flexibility index (Phi) is 2.00. The quantitative estimate of drug-likeness (QED) is 0.702. The molecule has 70 valence electrons. The van der Waals surface area contributed by atoms with Gasteiger partial charge in [0, 0.05) is 31.7 Å². The molecule has 0 saturated carbocycles. The highest BCUT2D eigenvalue weighted by atomic mass is 15.1. The molecule has 2 nitrogen and oxygen atoms in total. The molecule has 0 fully saturated rings. The smallest absolute Gasteiger partial charge is 0.0403 e. The van der Waals surface area contributed by atoms with E-state index in [1.54, 1.807) is 0 Å². The molecule has 1 unspecified atom stereocenters. The van der Waals surface area contributed by atoms with Gasteiger partial charge in [-0.2, -0.15) is 0 Å². The second-order valence-corrected chi connectivity index (χ2v) is 3.88. The van der Waals surface area contributed by atoms with Crippen molar-refractivity contribution in [1.29, 1.82) is 0 Å². The first kappa shape index (κ1) is 8.57. The van der Waals surface area contributed by atoms with Gasteiger partial charge in [0.1, 0.15) is 0 Å². The molecule has 0 bridgehead atoms. The second kappa shape index (κ2) is 3.04. The average molecular weight is 176 g/mol. The highest BCUT2D eigenvalue weighted by molar-refractivity contribution is 5.61. The Morgan fingerprint density at radius 3 is 3.00 bits per heavy atom. The molecule has 1 atom stereocenters. The number of anilines is 1. The summed E-state index contributed by atoms with van der Waals surface area (Å²) >= 11 is 0. The van der Waals surface area contributed by atoms with E-state index < -0.39 is 0 Å². The van der Waals surface area contributed by atoms with Gasteiger partial charge in [0.05, 0.1) is 0 Å². The number of hydrogen-bond donors (Lipinski definition) is 1. The van der Waals surface area contributed by atoms with E-state index >= 15 is 0 Å². The van der Waals surface area contributed by atoms with E-state index in [1.807, 2.05) is 0 Å². The van der Waals surface area contributed by atoms with E-state index in [4.69, 9.17) is 5.73 Å². The van der Waals surface area contributed by atoms with Gasteiger partial charge in [-0.25, -0.2) is 0 Å². The zero-order chi connectivity index (χ0) is 9.42. The number of aryl methyl sites for hydroxylation is 1. The molecule has 0 aliphatic carbocycles. The summed E-state index contributed by atoms with van der Waals surface area (Å²) in [6.07, 6.45) is 0. The molecule has 2 heteroatoms. The van der Waals surface area contributed by atoms with Crippen LogP contribution in [0, 0.1) is 6.92 Å². The number of nitrogens with zero attached hydrogens (tertiary/aromatic N) is 1. The summed E-state index contributed by atoms with van der Waals surface area (Å²) in [5.41, 5.74) is 9.81. The fourth-order valence-electron chi connectivity index (χ4n) is 2.06. The second-order valence-electron chi connectivity index (χ2n) is 3.88. The van der Waals surface area contributed by atoms with Crippen LogP contribution in [0.5, 0.6) is 0 Å². The van der Waals surface area contributed by atoms with E-state index in [0.29, 0.717) is 5.92 Å². The molecule has 0 amide bonds. The van der Waals surface area contributed by atoms with Gasteiger partial charge in [-0.1, -0.05) is 12.1 Å². The first-order valence-electron chi connectivity index (χ1n) is 4.74. The van der Waals surface area contributed by atoms with E-state index in [2.05, 4.69) is 37.1 Å². The van der Waals surface area contributed by atoms with Crippen molar-refractivity contribution in [2.45, 2.75) is 12.8 Å². The number of rotatable bonds is 1. The topological polar surface area (TPSA) is 29.3 Å². The average Bonchev–Trinajstić information content (AvgIpc) is 2.43. The molecule has 1 aliphatic heterocycles. The van der Waals surface area contributed by atoms with Gasteiger partial charge in [0.2, 0.25) is 0 Å². The fourth-order valence-corrected chi connectivity index (χ4v) is 2.06. The molecule has 13 heavy (non-hydrogen) atoms. The SMILES string of the molecule is Cc1ccc2c(c1)N(C)CC2CN. The number of hydrogen-bond acceptors (Lipinski definition) is 2. The van der Waals surface area contributed by atoms with Gasteiger partial charge in [-0.15, -0.1) is 0 Å². The predicted octanol–water partition coefficient (Wildman–Crippen LogP) is 1.49. The predicted molar refractivity (Wildman–Crippen MR) is 56.2 cm³/mol. The van der Waals surface area contributed by atoms with Crippen LogP contribution in [0.4, 0.5) is 5.69 Å². The zero-order valence-electron chi connectivity index (χ0n) is 8.25. The van der Waals surface area contributed by atoms with E-state index in [0.717, 1.165) is 13.1 Å². The van der Waals surface area contributed by atoms with Gasteiger partial charge in [0.25, 0.3) is 0 Å². The largest absolute Gasteiger partial charge is 0.374 e. The Bertz CT molecular complexity index is 320. The molecule has 1 aliphatic rings. The van der Waals surface area contributed by atoms with Crippen molar-refractivity contribution in [2.24, 2.45) is 5.73 Å². The Morgan fingerprint density at radius 1 is 1.54 bits per heavy atom. The van der Waals surface area contributed by atoms with Crippen LogP contribution in [0.15, 0.2) is 18.2 Å². The Hall–Kier alpha value is -1.02. The summed E-state index contributed by atoms with van der Waals surface area (Å²) in [6, 6.07) is 6.62. The van der Waals surface area contributed by atoms with Crippen molar-refractivity contribution >= 4 is 5.69 Å². The van der Waals surface area contributed by atoms with Crippen LogP contribution in [0.1, 0.15) is 17.0 Å². The number of fused-ring (bicyclic) bond motifs is 1. The first-order chi connectivity index (χ1) is 6.22. The van der Waals surface area contributed by atoms with E-state index in [9.17, 15) is 0 Å². The summed E-state index contributed by atoms with van der Waals surface area (Å²) in [6.45, 7) is 3.94. The van der Waals surface area contributed by atoms with E-state index in [-0.39, 0.29) is 0 Å². The maximum Gasteiger partial charge on any atom is 0.0403 e. The molecule has 1 aromatic rings. The highest BCUT2D eigenvalue weighted by Crippen LogP contribution is 2.34. The van der Waals surface area contributed by atoms with Crippen LogP contribution in [0.3, 0.4) is 0 Å². The molecular weight excluding hydrogens is 160 g/mol. The lowest BCUT2D eigenvalue weighted by Gasteiger charge is -2.12. The monoisotopic (exact) mass is 176 g/mol. The van der Waals surface area contributed by atoms with Crippen LogP contribution >= 0.6 is 0 Å². The maximum atomic E-state index is 5.72. The lowest BCUT2D eigenvalue weighted by atomic mass is 10.0. The summed E-state index contributed by atoms with van der Waals surface area (Å²) in [5.74, 6) is 0.528. The Morgan fingerprint density at radius 2 is 2.31 bits per heavy atom. The molecule has 0 saturated heterocycles. The minimum absolute atomic E-state index is 0.528. The number of benzene rings is 1. The fraction of sp³-hybridized carbons (Fsp3) is 0.455. The maximum absolute atomic E-state index is 5.72. The third-order valence-corrected chi connectivity index (χ3v) is 2.82. The van der Waals surface area contributed by atoms with Gasteiger partial charge in [-0.3, -0.25) is 0 Å². The van der Waals surface area contributed by atoms with Gasteiger partial charge in [0.15, 0.2) is 0 Å². The van der Waals surface area contributed by atoms with Gasteiger partial charge >= 0.3 is 0 Å². The van der Waals surface area contributed by atoms with Crippen molar-refractivity contribution < 1.29 is 0 Å². The molecule has 0 spiro atoms. The van der Waals surface area contributed by atoms with Crippen molar-refractivity contribution in [1.82, 2.24) is 0 Å². The molecule has 2 rings (SSSR count). The van der Waals surface area contributed by atoms with Crippen LogP contribution in [-0.4, -0.2) is 20.1 Å². The lowest BCUT2D eigenvalue weighted by molar-refractivity contribution is 0.730. The third kappa shape index (κ3) is 1.31. The van der Waals surface area contributed by atoms with E-state index in [1.165, 1.54) is 16.8 Å². The normalized spacial score (nSPS) is 20.5. The molecule has 1 heterocycles. The molecule has 2 N–H and O–H groups in total. The standard InChI is InChI=1S/C11H16N2/c1-8-3-4-10-9(6-12)7-13(2)11(10)5-8/h3-5,9H,6-7,12H2,1-2H3. The van der Waals surface area contributed by atoms with Crippen LogP contribution < -0.4 is 10.6 Å². The number of likely N-dealkylation sites (N-methyl/N-ethyl adjacent to an activating group) is 1. The lowest BCUT2D eigenvalue weighted by Crippen LogP contribution is -2.20. The summed E-state index contributed by atoms with van der Waals surface area (Å²) < 4.78 is 0. The van der Waals surface area contributed by atoms with Gasteiger partial charge in [-0.05, 0) is 24.1 Å². The van der Waals surface area contributed by atoms with Crippen LogP contribution in [0.2, 0.25) is 0 Å². The third-order valence-electron chi connectivity index (χ3n) is 2.82. The number of nitrogens with two attached hydrogens (primary N) is 1. The minimum Gasteiger partial charge on any atom is -0.374 e. The highest BCUT2D eigenvalue weighted by Gasteiger charge is 2.24. The van der Waals surface area contributed by atoms with Crippen molar-refractivity contribution in [2.75, 3.05) is 25.0 Å². The van der Waals surface area contributed by atoms with Crippen molar-refractivity contribution in [3.8, 4) is 0 Å². The van der Waals surface area contributed by atoms with Gasteiger partial charge < -0.3 is 10.6 Å². The Labute approximate surface area is 79.4 Å². The molecule has 0 aromatic heterocycles.